The molecule has 0 radical (unpaired) electrons. The summed E-state index contributed by atoms with van der Waals surface area (Å²) in [6.07, 6.45) is 2.64. The third kappa shape index (κ3) is 3.27. The average Bonchev–Trinajstić information content (AvgIpc) is 2.49. The smallest absolute Gasteiger partial charge is 0.293 e. The molecular formula is C14H13N3O4. The number of para-hydroxylation sites is 1. The molecule has 2 rings (SSSR count). The molecule has 1 amide bonds. The summed E-state index contributed by atoms with van der Waals surface area (Å²) in [5.41, 5.74) is 2.45. The van der Waals surface area contributed by atoms with Gasteiger partial charge in [-0.1, -0.05) is 6.07 Å². The molecule has 0 fully saturated rings. The number of pyridine rings is 1. The minimum atomic E-state index is -0.660. The van der Waals surface area contributed by atoms with Crippen molar-refractivity contribution >= 4 is 12.1 Å². The fraction of sp³-hybridized carbons (Fsp3) is 0.0714. The Morgan fingerprint density at radius 2 is 2.14 bits per heavy atom. The Labute approximate surface area is 120 Å². The summed E-state index contributed by atoms with van der Waals surface area (Å²) in [6.45, 7) is 0. The summed E-state index contributed by atoms with van der Waals surface area (Å²) in [5, 5.41) is 23.0. The van der Waals surface area contributed by atoms with Gasteiger partial charge in [0.1, 0.15) is 5.75 Å². The van der Waals surface area contributed by atoms with Crippen LogP contribution in [-0.2, 0) is 0 Å². The van der Waals surface area contributed by atoms with Crippen LogP contribution in [0.2, 0.25) is 0 Å². The fourth-order valence-electron chi connectivity index (χ4n) is 1.59. The van der Waals surface area contributed by atoms with E-state index >= 15 is 0 Å². The van der Waals surface area contributed by atoms with Crippen molar-refractivity contribution < 1.29 is 19.7 Å². The Morgan fingerprint density at radius 1 is 1.33 bits per heavy atom. The molecule has 1 aromatic carbocycles. The molecule has 7 nitrogen and oxygen atoms in total. The number of benzene rings is 1. The SMILES string of the molecule is COc1cccc(/C=N/NC(=O)c2ncccc2O)c1O. The van der Waals surface area contributed by atoms with E-state index in [1.807, 2.05) is 0 Å². The first kappa shape index (κ1) is 14.3. The van der Waals surface area contributed by atoms with E-state index in [0.29, 0.717) is 11.3 Å². The van der Waals surface area contributed by atoms with Crippen LogP contribution in [0.15, 0.2) is 41.6 Å². The molecule has 1 aromatic heterocycles. The Balaban J connectivity index is 2.10. The van der Waals surface area contributed by atoms with E-state index in [9.17, 15) is 15.0 Å². The van der Waals surface area contributed by atoms with Gasteiger partial charge in [-0.05, 0) is 24.3 Å². The van der Waals surface area contributed by atoms with Crippen LogP contribution < -0.4 is 10.2 Å². The second-order valence-corrected chi connectivity index (χ2v) is 3.97. The maximum absolute atomic E-state index is 11.7. The number of phenolic OH excluding ortho intramolecular Hbond substituents is 1. The summed E-state index contributed by atoms with van der Waals surface area (Å²) in [5.74, 6) is -0.688. The van der Waals surface area contributed by atoms with Crippen LogP contribution in [0.1, 0.15) is 16.1 Å². The van der Waals surface area contributed by atoms with Crippen molar-refractivity contribution in [2.24, 2.45) is 5.10 Å². The zero-order valence-electron chi connectivity index (χ0n) is 11.1. The second kappa shape index (κ2) is 6.38. The summed E-state index contributed by atoms with van der Waals surface area (Å²) in [6, 6.07) is 7.72. The maximum atomic E-state index is 11.7. The molecule has 3 N–H and O–H groups in total. The second-order valence-electron chi connectivity index (χ2n) is 3.97. The highest BCUT2D eigenvalue weighted by Crippen LogP contribution is 2.27. The minimum Gasteiger partial charge on any atom is -0.505 e. The van der Waals surface area contributed by atoms with E-state index in [-0.39, 0.29) is 17.2 Å². The van der Waals surface area contributed by atoms with Crippen molar-refractivity contribution in [3.05, 3.63) is 47.8 Å². The number of carbonyl (C=O) groups is 1. The molecule has 0 saturated carbocycles. The van der Waals surface area contributed by atoms with Gasteiger partial charge in [0.2, 0.25) is 0 Å². The molecule has 0 atom stereocenters. The number of nitrogens with zero attached hydrogens (tertiary/aromatic N) is 2. The molecule has 0 unspecified atom stereocenters. The number of phenols is 1. The molecule has 0 aliphatic rings. The van der Waals surface area contributed by atoms with Crippen molar-refractivity contribution in [2.75, 3.05) is 7.11 Å². The van der Waals surface area contributed by atoms with Gasteiger partial charge in [-0.2, -0.15) is 5.10 Å². The van der Waals surface area contributed by atoms with Crippen LogP contribution in [0.4, 0.5) is 0 Å². The van der Waals surface area contributed by atoms with Crippen molar-refractivity contribution in [1.82, 2.24) is 10.4 Å². The number of rotatable bonds is 4. The molecule has 0 spiro atoms. The first-order chi connectivity index (χ1) is 10.1. The molecule has 1 heterocycles. The lowest BCUT2D eigenvalue weighted by Crippen LogP contribution is -2.19. The van der Waals surface area contributed by atoms with Gasteiger partial charge in [0.15, 0.2) is 17.2 Å². The number of hydrogen-bond donors (Lipinski definition) is 3. The number of hydrogen-bond acceptors (Lipinski definition) is 6. The lowest BCUT2D eigenvalue weighted by molar-refractivity contribution is 0.0947. The summed E-state index contributed by atoms with van der Waals surface area (Å²) >= 11 is 0. The highest BCUT2D eigenvalue weighted by Gasteiger charge is 2.11. The van der Waals surface area contributed by atoms with E-state index in [1.54, 1.807) is 18.2 Å². The van der Waals surface area contributed by atoms with Gasteiger partial charge in [0, 0.05) is 11.8 Å². The topological polar surface area (TPSA) is 104 Å². The van der Waals surface area contributed by atoms with E-state index in [0.717, 1.165) is 0 Å². The van der Waals surface area contributed by atoms with E-state index < -0.39 is 5.91 Å². The lowest BCUT2D eigenvalue weighted by Gasteiger charge is -2.05. The summed E-state index contributed by atoms with van der Waals surface area (Å²) in [4.78, 5) is 15.5. The number of aromatic nitrogens is 1. The number of hydrazone groups is 1. The van der Waals surface area contributed by atoms with Gasteiger partial charge in [-0.3, -0.25) is 4.79 Å². The van der Waals surface area contributed by atoms with E-state index in [1.165, 1.54) is 31.7 Å². The van der Waals surface area contributed by atoms with Crippen molar-refractivity contribution in [2.45, 2.75) is 0 Å². The molecular weight excluding hydrogens is 274 g/mol. The van der Waals surface area contributed by atoms with Crippen LogP contribution in [0.5, 0.6) is 17.2 Å². The first-order valence-corrected chi connectivity index (χ1v) is 5.97. The van der Waals surface area contributed by atoms with E-state index in [2.05, 4.69) is 15.5 Å². The van der Waals surface area contributed by atoms with Gasteiger partial charge in [-0.15, -0.1) is 0 Å². The summed E-state index contributed by atoms with van der Waals surface area (Å²) < 4.78 is 4.96. The number of amides is 1. The van der Waals surface area contributed by atoms with Crippen molar-refractivity contribution in [1.29, 1.82) is 0 Å². The molecule has 0 bridgehead atoms. The van der Waals surface area contributed by atoms with Gasteiger partial charge < -0.3 is 14.9 Å². The molecule has 108 valence electrons. The van der Waals surface area contributed by atoms with Gasteiger partial charge in [0.05, 0.1) is 13.3 Å². The molecule has 0 saturated heterocycles. The normalized spacial score (nSPS) is 10.5. The predicted octanol–water partition coefficient (Wildman–Crippen LogP) is 1.27. The van der Waals surface area contributed by atoms with Crippen LogP contribution in [0.25, 0.3) is 0 Å². The Bertz CT molecular complexity index is 686. The number of aromatic hydroxyl groups is 2. The van der Waals surface area contributed by atoms with E-state index in [4.69, 9.17) is 4.74 Å². The number of nitrogens with one attached hydrogen (secondary N) is 1. The van der Waals surface area contributed by atoms with Crippen LogP contribution >= 0.6 is 0 Å². The van der Waals surface area contributed by atoms with Crippen molar-refractivity contribution in [3.63, 3.8) is 0 Å². The monoisotopic (exact) mass is 287 g/mol. The minimum absolute atomic E-state index is 0.0846. The molecule has 0 aliphatic carbocycles. The Kier molecular flexibility index (Phi) is 4.35. The lowest BCUT2D eigenvalue weighted by atomic mass is 10.2. The Hall–Kier alpha value is -3.09. The molecule has 2 aromatic rings. The molecule has 0 aliphatic heterocycles. The highest BCUT2D eigenvalue weighted by molar-refractivity contribution is 5.95. The van der Waals surface area contributed by atoms with Crippen molar-refractivity contribution in [3.8, 4) is 17.2 Å². The zero-order valence-corrected chi connectivity index (χ0v) is 11.1. The predicted molar refractivity (Wildman–Crippen MR) is 75.6 cm³/mol. The first-order valence-electron chi connectivity index (χ1n) is 5.97. The van der Waals surface area contributed by atoms with Gasteiger partial charge in [0.25, 0.3) is 5.91 Å². The van der Waals surface area contributed by atoms with Crippen LogP contribution in [-0.4, -0.2) is 34.4 Å². The largest absolute Gasteiger partial charge is 0.505 e. The quantitative estimate of drug-likeness (QED) is 0.580. The highest BCUT2D eigenvalue weighted by atomic mass is 16.5. The standard InChI is InChI=1S/C14H13N3O4/c1-21-11-6-2-4-9(13(11)19)8-16-17-14(20)12-10(18)5-3-7-15-12/h2-8,18-19H,1H3,(H,17,20)/b16-8+. The number of carbonyl (C=O) groups excluding carboxylic acids is 1. The third-order valence-electron chi connectivity index (χ3n) is 2.62. The maximum Gasteiger partial charge on any atom is 0.293 e. The number of methoxy groups -OCH3 is 1. The van der Waals surface area contributed by atoms with Gasteiger partial charge in [-0.25, -0.2) is 10.4 Å². The van der Waals surface area contributed by atoms with Crippen LogP contribution in [0.3, 0.4) is 0 Å². The molecule has 21 heavy (non-hydrogen) atoms. The van der Waals surface area contributed by atoms with Crippen LogP contribution in [0, 0.1) is 0 Å². The third-order valence-corrected chi connectivity index (χ3v) is 2.62. The number of ether oxygens (including phenoxy) is 1. The van der Waals surface area contributed by atoms with Gasteiger partial charge >= 0.3 is 0 Å². The molecule has 7 heteroatoms. The average molecular weight is 287 g/mol. The zero-order chi connectivity index (χ0) is 15.2. The Morgan fingerprint density at radius 3 is 2.86 bits per heavy atom. The summed E-state index contributed by atoms with van der Waals surface area (Å²) in [7, 11) is 1.43. The fourth-order valence-corrected chi connectivity index (χ4v) is 1.59.